The van der Waals surface area contributed by atoms with Gasteiger partial charge >= 0.3 is 12.1 Å². The summed E-state index contributed by atoms with van der Waals surface area (Å²) in [6.45, 7) is 0. The molecule has 2 aromatic carbocycles. The molecule has 0 heterocycles. The quantitative estimate of drug-likeness (QED) is 0.723. The fourth-order valence-electron chi connectivity index (χ4n) is 1.96. The summed E-state index contributed by atoms with van der Waals surface area (Å²) in [5, 5.41) is -0.610. The van der Waals surface area contributed by atoms with E-state index in [-0.39, 0.29) is 21.2 Å². The summed E-state index contributed by atoms with van der Waals surface area (Å²) in [5.74, 6) is -0.863. The number of rotatable bonds is 4. The Balaban J connectivity index is 2.43. The molecule has 0 amide bonds. The summed E-state index contributed by atoms with van der Waals surface area (Å²) in [5.41, 5.74) is -1.74. The highest BCUT2D eigenvalue weighted by Crippen LogP contribution is 2.36. The minimum atomic E-state index is -4.75. The van der Waals surface area contributed by atoms with Crippen molar-refractivity contribution < 1.29 is 31.1 Å². The van der Waals surface area contributed by atoms with Crippen LogP contribution in [0.2, 0.25) is 10.0 Å². The van der Waals surface area contributed by atoms with E-state index in [0.29, 0.717) is 6.07 Å². The molecule has 0 bridgehead atoms. The number of hydrogen-bond acceptors (Lipinski definition) is 4. The van der Waals surface area contributed by atoms with E-state index in [1.54, 1.807) is 0 Å². The van der Waals surface area contributed by atoms with E-state index in [0.717, 1.165) is 37.4 Å². The van der Waals surface area contributed by atoms with Gasteiger partial charge in [0.2, 0.25) is 0 Å². The van der Waals surface area contributed by atoms with Crippen LogP contribution in [0.1, 0.15) is 15.9 Å². The molecule has 0 fully saturated rings. The zero-order valence-corrected chi connectivity index (χ0v) is 15.2. The molecule has 0 aliphatic carbocycles. The molecule has 2 rings (SSSR count). The third-order valence-corrected chi connectivity index (χ3v) is 5.22. The Morgan fingerprint density at radius 3 is 2.27 bits per heavy atom. The molecule has 26 heavy (non-hydrogen) atoms. The standard InChI is InChI=1S/C15H10Cl2F3NO4S/c1-25-14(22)10-7-9(3-5-12(10)16)26(23,24)21-8-2-4-13(17)11(6-8)15(18,19)20/h2-7,21H,1H3. The number of nitrogens with one attached hydrogen (secondary N) is 1. The number of methoxy groups -OCH3 is 1. The normalized spacial score (nSPS) is 11.9. The van der Waals surface area contributed by atoms with Crippen molar-refractivity contribution in [1.29, 1.82) is 0 Å². The number of sulfonamides is 1. The number of anilines is 1. The Labute approximate surface area is 156 Å². The van der Waals surface area contributed by atoms with Gasteiger partial charge in [-0.05, 0) is 36.4 Å². The molecule has 0 aromatic heterocycles. The number of carbonyl (C=O) groups is 1. The average molecular weight is 428 g/mol. The van der Waals surface area contributed by atoms with Crippen molar-refractivity contribution in [1.82, 2.24) is 0 Å². The first kappa shape index (κ1) is 20.3. The van der Waals surface area contributed by atoms with Gasteiger partial charge in [-0.15, -0.1) is 0 Å². The monoisotopic (exact) mass is 427 g/mol. The van der Waals surface area contributed by atoms with Crippen LogP contribution in [0.4, 0.5) is 18.9 Å². The number of alkyl halides is 3. The van der Waals surface area contributed by atoms with E-state index in [1.807, 2.05) is 4.72 Å². The SMILES string of the molecule is COC(=O)c1cc(S(=O)(=O)Nc2ccc(Cl)c(C(F)(F)F)c2)ccc1Cl. The minimum absolute atomic E-state index is 0.0401. The molecule has 0 aliphatic heterocycles. The lowest BCUT2D eigenvalue weighted by atomic mass is 10.2. The Bertz CT molecular complexity index is 962. The molecule has 0 unspecified atom stereocenters. The predicted octanol–water partition coefficient (Wildman–Crippen LogP) is 4.60. The van der Waals surface area contributed by atoms with Crippen LogP contribution in [0.15, 0.2) is 41.3 Å². The number of carbonyl (C=O) groups excluding carboxylic acids is 1. The summed E-state index contributed by atoms with van der Waals surface area (Å²) < 4.78 is 69.9. The van der Waals surface area contributed by atoms with Gasteiger partial charge in [-0.2, -0.15) is 13.2 Å². The van der Waals surface area contributed by atoms with Crippen LogP contribution in [0.25, 0.3) is 0 Å². The van der Waals surface area contributed by atoms with Crippen molar-refractivity contribution in [2.75, 3.05) is 11.8 Å². The van der Waals surface area contributed by atoms with Gasteiger partial charge in [0.05, 0.1) is 33.2 Å². The second-order valence-electron chi connectivity index (χ2n) is 4.93. The maximum absolute atomic E-state index is 12.9. The van der Waals surface area contributed by atoms with Crippen molar-refractivity contribution in [3.63, 3.8) is 0 Å². The van der Waals surface area contributed by atoms with Crippen LogP contribution in [-0.2, 0) is 20.9 Å². The molecule has 0 saturated carbocycles. The molecule has 1 N–H and O–H groups in total. The topological polar surface area (TPSA) is 72.5 Å². The minimum Gasteiger partial charge on any atom is -0.465 e. The lowest BCUT2D eigenvalue weighted by molar-refractivity contribution is -0.137. The Kier molecular flexibility index (Phi) is 5.74. The van der Waals surface area contributed by atoms with Gasteiger partial charge in [-0.25, -0.2) is 13.2 Å². The van der Waals surface area contributed by atoms with Gasteiger partial charge < -0.3 is 4.74 Å². The van der Waals surface area contributed by atoms with E-state index in [4.69, 9.17) is 23.2 Å². The molecule has 11 heteroatoms. The largest absolute Gasteiger partial charge is 0.465 e. The summed E-state index contributed by atoms with van der Waals surface area (Å²) in [6.07, 6.45) is -4.75. The number of esters is 1. The zero-order chi connectivity index (χ0) is 19.7. The second kappa shape index (κ2) is 7.34. The molecular formula is C15H10Cl2F3NO4S. The Morgan fingerprint density at radius 2 is 1.69 bits per heavy atom. The smallest absolute Gasteiger partial charge is 0.417 e. The third kappa shape index (κ3) is 4.40. The van der Waals surface area contributed by atoms with Crippen molar-refractivity contribution in [3.8, 4) is 0 Å². The van der Waals surface area contributed by atoms with Crippen LogP contribution >= 0.6 is 23.2 Å². The molecule has 0 spiro atoms. The van der Waals surface area contributed by atoms with Gasteiger partial charge in [0, 0.05) is 5.69 Å². The van der Waals surface area contributed by atoms with E-state index in [2.05, 4.69) is 4.74 Å². The van der Waals surface area contributed by atoms with E-state index in [9.17, 15) is 26.4 Å². The van der Waals surface area contributed by atoms with Crippen molar-refractivity contribution in [2.45, 2.75) is 11.1 Å². The third-order valence-electron chi connectivity index (χ3n) is 3.18. The van der Waals surface area contributed by atoms with Gasteiger partial charge in [-0.3, -0.25) is 4.72 Å². The summed E-state index contributed by atoms with van der Waals surface area (Å²) in [4.78, 5) is 11.2. The Morgan fingerprint density at radius 1 is 1.08 bits per heavy atom. The molecule has 140 valence electrons. The van der Waals surface area contributed by atoms with Gasteiger partial charge in [-0.1, -0.05) is 23.2 Å². The van der Waals surface area contributed by atoms with Gasteiger partial charge in [0.25, 0.3) is 10.0 Å². The molecular weight excluding hydrogens is 418 g/mol. The fraction of sp³-hybridized carbons (Fsp3) is 0.133. The lowest BCUT2D eigenvalue weighted by Crippen LogP contribution is -2.15. The highest BCUT2D eigenvalue weighted by molar-refractivity contribution is 7.92. The second-order valence-corrected chi connectivity index (χ2v) is 7.43. The highest BCUT2D eigenvalue weighted by Gasteiger charge is 2.33. The number of hydrogen-bond donors (Lipinski definition) is 1. The number of halogens is 5. The molecule has 0 radical (unpaired) electrons. The number of benzene rings is 2. The van der Waals surface area contributed by atoms with Crippen molar-refractivity contribution in [2.24, 2.45) is 0 Å². The fourth-order valence-corrected chi connectivity index (χ4v) is 3.45. The van der Waals surface area contributed by atoms with Crippen LogP contribution in [0, 0.1) is 0 Å². The van der Waals surface area contributed by atoms with Gasteiger partial charge in [0.15, 0.2) is 0 Å². The average Bonchev–Trinajstić information content (AvgIpc) is 2.55. The summed E-state index contributed by atoms with van der Waals surface area (Å²) >= 11 is 11.3. The molecule has 5 nitrogen and oxygen atoms in total. The van der Waals surface area contributed by atoms with E-state index in [1.165, 1.54) is 0 Å². The van der Waals surface area contributed by atoms with E-state index < -0.39 is 32.8 Å². The molecule has 0 atom stereocenters. The lowest BCUT2D eigenvalue weighted by Gasteiger charge is -2.13. The molecule has 2 aromatic rings. The molecule has 0 aliphatic rings. The van der Waals surface area contributed by atoms with Crippen molar-refractivity contribution >= 4 is 44.9 Å². The first-order chi connectivity index (χ1) is 12.0. The highest BCUT2D eigenvalue weighted by atomic mass is 35.5. The summed E-state index contributed by atoms with van der Waals surface area (Å²) in [6, 6.07) is 5.77. The van der Waals surface area contributed by atoms with E-state index >= 15 is 0 Å². The Hall–Kier alpha value is -1.97. The molecule has 0 saturated heterocycles. The van der Waals surface area contributed by atoms with Crippen LogP contribution < -0.4 is 4.72 Å². The van der Waals surface area contributed by atoms with Crippen LogP contribution in [-0.4, -0.2) is 21.5 Å². The van der Waals surface area contributed by atoms with Crippen LogP contribution in [0.3, 0.4) is 0 Å². The first-order valence-corrected chi connectivity index (χ1v) is 8.97. The predicted molar refractivity (Wildman–Crippen MR) is 90.1 cm³/mol. The first-order valence-electron chi connectivity index (χ1n) is 6.73. The zero-order valence-electron chi connectivity index (χ0n) is 12.9. The van der Waals surface area contributed by atoms with Gasteiger partial charge in [0.1, 0.15) is 0 Å². The number of ether oxygens (including phenoxy) is 1. The van der Waals surface area contributed by atoms with Crippen LogP contribution in [0.5, 0.6) is 0 Å². The maximum Gasteiger partial charge on any atom is 0.417 e. The maximum atomic E-state index is 12.9. The summed E-state index contributed by atoms with van der Waals surface area (Å²) in [7, 11) is -3.21. The van der Waals surface area contributed by atoms with Crippen molar-refractivity contribution in [3.05, 3.63) is 57.6 Å².